The predicted octanol–water partition coefficient (Wildman–Crippen LogP) is 2.86. The molecule has 1 rings (SSSR count). The van der Waals surface area contributed by atoms with Crippen LogP contribution >= 0.6 is 0 Å². The molecular weight excluding hydrogens is 214 g/mol. The van der Waals surface area contributed by atoms with E-state index in [4.69, 9.17) is 4.74 Å². The molecule has 1 amide bonds. The smallest absolute Gasteiger partial charge is 0.251 e. The van der Waals surface area contributed by atoms with Crippen molar-refractivity contribution >= 4 is 5.91 Å². The lowest BCUT2D eigenvalue weighted by molar-refractivity contribution is 0.0942. The first kappa shape index (κ1) is 13.6. The highest BCUT2D eigenvalue weighted by atomic mass is 16.5. The molecule has 94 valence electrons. The fourth-order valence-electron chi connectivity index (χ4n) is 1.34. The Morgan fingerprint density at radius 3 is 2.59 bits per heavy atom. The quantitative estimate of drug-likeness (QED) is 0.852. The van der Waals surface area contributed by atoms with Crippen LogP contribution in [-0.4, -0.2) is 18.6 Å². The molecule has 0 saturated carbocycles. The third-order valence-corrected chi connectivity index (χ3v) is 2.10. The van der Waals surface area contributed by atoms with Crippen LogP contribution in [0.15, 0.2) is 24.3 Å². The molecule has 3 nitrogen and oxygen atoms in total. The summed E-state index contributed by atoms with van der Waals surface area (Å²) in [5, 5.41) is 2.86. The van der Waals surface area contributed by atoms with Crippen molar-refractivity contribution < 1.29 is 9.53 Å². The maximum absolute atomic E-state index is 11.8. The van der Waals surface area contributed by atoms with Crippen LogP contribution in [0.1, 0.15) is 38.1 Å². The molecule has 0 aliphatic heterocycles. The number of carbonyl (C=O) groups is 1. The number of rotatable bonds is 5. The van der Waals surface area contributed by atoms with Crippen molar-refractivity contribution in [1.82, 2.24) is 5.32 Å². The van der Waals surface area contributed by atoms with Crippen molar-refractivity contribution in [2.24, 2.45) is 5.92 Å². The number of hydrogen-bond acceptors (Lipinski definition) is 2. The van der Waals surface area contributed by atoms with Crippen LogP contribution in [0.5, 0.6) is 5.75 Å². The molecule has 0 aromatic heterocycles. The maximum Gasteiger partial charge on any atom is 0.251 e. The van der Waals surface area contributed by atoms with Crippen molar-refractivity contribution in [1.29, 1.82) is 0 Å². The normalized spacial score (nSPS) is 10.7. The van der Waals surface area contributed by atoms with Crippen LogP contribution in [-0.2, 0) is 0 Å². The van der Waals surface area contributed by atoms with Gasteiger partial charge in [0.15, 0.2) is 0 Å². The summed E-state index contributed by atoms with van der Waals surface area (Å²) in [5.74, 6) is 1.16. The van der Waals surface area contributed by atoms with E-state index in [2.05, 4.69) is 19.2 Å². The molecule has 0 saturated heterocycles. The Bertz CT molecular complexity index is 372. The van der Waals surface area contributed by atoms with Gasteiger partial charge in [0, 0.05) is 11.6 Å². The van der Waals surface area contributed by atoms with Crippen LogP contribution in [0.2, 0.25) is 0 Å². The summed E-state index contributed by atoms with van der Waals surface area (Å²) in [6.45, 7) is 8.73. The molecule has 1 aromatic rings. The minimum absolute atomic E-state index is 0.0602. The van der Waals surface area contributed by atoms with Crippen LogP contribution in [0.3, 0.4) is 0 Å². The maximum atomic E-state index is 11.8. The van der Waals surface area contributed by atoms with Gasteiger partial charge in [-0.3, -0.25) is 4.79 Å². The third kappa shape index (κ3) is 4.89. The van der Waals surface area contributed by atoms with Crippen LogP contribution in [0, 0.1) is 5.92 Å². The second-order valence-electron chi connectivity index (χ2n) is 4.86. The molecule has 0 bridgehead atoms. The summed E-state index contributed by atoms with van der Waals surface area (Å²) in [5.41, 5.74) is 0.639. The number of ether oxygens (including phenoxy) is 1. The van der Waals surface area contributed by atoms with E-state index in [1.165, 1.54) is 0 Å². The highest BCUT2D eigenvalue weighted by Crippen LogP contribution is 2.14. The molecule has 17 heavy (non-hydrogen) atoms. The number of benzene rings is 1. The van der Waals surface area contributed by atoms with E-state index in [0.717, 1.165) is 5.75 Å². The molecule has 0 unspecified atom stereocenters. The fourth-order valence-corrected chi connectivity index (χ4v) is 1.34. The lowest BCUT2D eigenvalue weighted by Gasteiger charge is -2.11. The highest BCUT2D eigenvalue weighted by Gasteiger charge is 2.07. The molecular formula is C14H21NO2. The van der Waals surface area contributed by atoms with Crippen molar-refractivity contribution in [3.05, 3.63) is 29.8 Å². The zero-order valence-electron chi connectivity index (χ0n) is 11.0. The SMILES string of the molecule is CC(C)COc1cccc(C(=O)NC(C)C)c1. The van der Waals surface area contributed by atoms with Gasteiger partial charge in [-0.05, 0) is 38.0 Å². The second-order valence-corrected chi connectivity index (χ2v) is 4.86. The van der Waals surface area contributed by atoms with Gasteiger partial charge in [-0.2, -0.15) is 0 Å². The third-order valence-electron chi connectivity index (χ3n) is 2.10. The molecule has 1 N–H and O–H groups in total. The van der Waals surface area contributed by atoms with Gasteiger partial charge in [-0.1, -0.05) is 19.9 Å². The molecule has 0 fully saturated rings. The predicted molar refractivity (Wildman–Crippen MR) is 69.4 cm³/mol. The van der Waals surface area contributed by atoms with Crippen molar-refractivity contribution in [2.75, 3.05) is 6.61 Å². The summed E-state index contributed by atoms with van der Waals surface area (Å²) in [6.07, 6.45) is 0. The zero-order chi connectivity index (χ0) is 12.8. The van der Waals surface area contributed by atoms with Gasteiger partial charge in [0.2, 0.25) is 0 Å². The van der Waals surface area contributed by atoms with E-state index in [1.807, 2.05) is 26.0 Å². The average Bonchev–Trinajstić information content (AvgIpc) is 2.26. The van der Waals surface area contributed by atoms with Gasteiger partial charge in [0.05, 0.1) is 6.61 Å². The number of hydrogen-bond donors (Lipinski definition) is 1. The first-order valence-electron chi connectivity index (χ1n) is 6.02. The van der Waals surface area contributed by atoms with E-state index < -0.39 is 0 Å². The summed E-state index contributed by atoms with van der Waals surface area (Å²) < 4.78 is 5.58. The van der Waals surface area contributed by atoms with Gasteiger partial charge >= 0.3 is 0 Å². The van der Waals surface area contributed by atoms with Crippen LogP contribution in [0.25, 0.3) is 0 Å². The topological polar surface area (TPSA) is 38.3 Å². The minimum atomic E-state index is -0.0602. The largest absolute Gasteiger partial charge is 0.493 e. The van der Waals surface area contributed by atoms with Crippen molar-refractivity contribution in [3.63, 3.8) is 0 Å². The fraction of sp³-hybridized carbons (Fsp3) is 0.500. The highest BCUT2D eigenvalue weighted by molar-refractivity contribution is 5.94. The minimum Gasteiger partial charge on any atom is -0.493 e. The molecule has 3 heteroatoms. The second kappa shape index (κ2) is 6.28. The molecule has 0 aliphatic rings. The van der Waals surface area contributed by atoms with Gasteiger partial charge in [-0.25, -0.2) is 0 Å². The van der Waals surface area contributed by atoms with E-state index in [9.17, 15) is 4.79 Å². The van der Waals surface area contributed by atoms with Crippen molar-refractivity contribution in [3.8, 4) is 5.75 Å². The summed E-state index contributed by atoms with van der Waals surface area (Å²) >= 11 is 0. The zero-order valence-corrected chi connectivity index (χ0v) is 11.0. The Morgan fingerprint density at radius 2 is 2.00 bits per heavy atom. The molecule has 0 aliphatic carbocycles. The first-order chi connectivity index (χ1) is 7.99. The molecule has 0 atom stereocenters. The Hall–Kier alpha value is -1.51. The van der Waals surface area contributed by atoms with E-state index in [-0.39, 0.29) is 11.9 Å². The van der Waals surface area contributed by atoms with Crippen molar-refractivity contribution in [2.45, 2.75) is 33.7 Å². The molecule has 0 spiro atoms. The number of nitrogens with one attached hydrogen (secondary N) is 1. The Balaban J connectivity index is 2.68. The Morgan fingerprint density at radius 1 is 1.29 bits per heavy atom. The monoisotopic (exact) mass is 235 g/mol. The van der Waals surface area contributed by atoms with E-state index in [1.54, 1.807) is 12.1 Å². The summed E-state index contributed by atoms with van der Waals surface area (Å²) in [7, 11) is 0. The lowest BCUT2D eigenvalue weighted by atomic mass is 10.2. The number of carbonyl (C=O) groups excluding carboxylic acids is 1. The lowest BCUT2D eigenvalue weighted by Crippen LogP contribution is -2.30. The van der Waals surface area contributed by atoms with Gasteiger partial charge in [0.25, 0.3) is 5.91 Å². The summed E-state index contributed by atoms with van der Waals surface area (Å²) in [6, 6.07) is 7.42. The van der Waals surface area contributed by atoms with E-state index >= 15 is 0 Å². The van der Waals surface area contributed by atoms with E-state index in [0.29, 0.717) is 18.1 Å². The average molecular weight is 235 g/mol. The van der Waals surface area contributed by atoms with Gasteiger partial charge in [0.1, 0.15) is 5.75 Å². The standard InChI is InChI=1S/C14H21NO2/c1-10(2)9-17-13-7-5-6-12(8-13)14(16)15-11(3)4/h5-8,10-11H,9H2,1-4H3,(H,15,16). The molecule has 0 heterocycles. The Kier molecular flexibility index (Phi) is 5.01. The Labute approximate surface area is 103 Å². The van der Waals surface area contributed by atoms with Gasteiger partial charge < -0.3 is 10.1 Å². The number of amides is 1. The van der Waals surface area contributed by atoms with Gasteiger partial charge in [-0.15, -0.1) is 0 Å². The summed E-state index contributed by atoms with van der Waals surface area (Å²) in [4.78, 5) is 11.8. The first-order valence-corrected chi connectivity index (χ1v) is 6.02. The van der Waals surface area contributed by atoms with Crippen LogP contribution < -0.4 is 10.1 Å². The molecule has 1 aromatic carbocycles. The van der Waals surface area contributed by atoms with Crippen LogP contribution in [0.4, 0.5) is 0 Å². The molecule has 0 radical (unpaired) electrons.